The summed E-state index contributed by atoms with van der Waals surface area (Å²) < 4.78 is 0. The lowest BCUT2D eigenvalue weighted by molar-refractivity contribution is -0.0511. The molecule has 2 atom stereocenters. The molecule has 2 rings (SSSR count). The molecular formula is C14H24N4O. The third-order valence-electron chi connectivity index (χ3n) is 4.15. The van der Waals surface area contributed by atoms with Crippen LogP contribution in [0.1, 0.15) is 39.2 Å². The molecule has 1 aromatic heterocycles. The largest absolute Gasteiger partial charge is 0.392 e. The minimum Gasteiger partial charge on any atom is -0.392 e. The maximum atomic E-state index is 9.78. The summed E-state index contributed by atoms with van der Waals surface area (Å²) in [6, 6.07) is 0.259. The number of hydrogen-bond donors (Lipinski definition) is 3. The van der Waals surface area contributed by atoms with Gasteiger partial charge < -0.3 is 15.7 Å². The van der Waals surface area contributed by atoms with E-state index in [9.17, 15) is 5.11 Å². The van der Waals surface area contributed by atoms with Crippen LogP contribution in [0.2, 0.25) is 0 Å². The third-order valence-corrected chi connectivity index (χ3v) is 4.15. The summed E-state index contributed by atoms with van der Waals surface area (Å²) in [6.45, 7) is 9.20. The van der Waals surface area contributed by atoms with Crippen LogP contribution in [-0.4, -0.2) is 33.8 Å². The van der Waals surface area contributed by atoms with E-state index in [2.05, 4.69) is 41.4 Å². The minimum absolute atomic E-state index is 0.103. The van der Waals surface area contributed by atoms with Gasteiger partial charge in [0.15, 0.2) is 0 Å². The molecule has 5 heteroatoms. The van der Waals surface area contributed by atoms with Gasteiger partial charge in [0.2, 0.25) is 0 Å². The average Bonchev–Trinajstić information content (AvgIpc) is 2.39. The molecule has 1 aliphatic rings. The summed E-state index contributed by atoms with van der Waals surface area (Å²) in [6.07, 6.45) is 3.18. The lowest BCUT2D eigenvalue weighted by Crippen LogP contribution is -2.57. The SMILES string of the molecule is CCCNc1ncnc(NC2CC(O)C2(C)C)c1C. The zero-order valence-electron chi connectivity index (χ0n) is 12.2. The highest BCUT2D eigenvalue weighted by Crippen LogP contribution is 2.42. The van der Waals surface area contributed by atoms with Crippen molar-refractivity contribution in [3.05, 3.63) is 11.9 Å². The average molecular weight is 264 g/mol. The first-order valence-corrected chi connectivity index (χ1v) is 6.96. The Morgan fingerprint density at radius 3 is 2.63 bits per heavy atom. The molecule has 19 heavy (non-hydrogen) atoms. The van der Waals surface area contributed by atoms with Crippen LogP contribution in [0.4, 0.5) is 11.6 Å². The third kappa shape index (κ3) is 2.66. The van der Waals surface area contributed by atoms with Gasteiger partial charge in [-0.2, -0.15) is 0 Å². The molecule has 1 saturated carbocycles. The smallest absolute Gasteiger partial charge is 0.134 e. The standard InChI is InChI=1S/C14H24N4O/c1-5-6-15-12-9(2)13(17-8-16-12)18-10-7-11(19)14(10,3)4/h8,10-11,19H,5-7H2,1-4H3,(H2,15,16,17,18). The zero-order valence-corrected chi connectivity index (χ0v) is 12.2. The highest BCUT2D eigenvalue weighted by Gasteiger charge is 2.47. The molecule has 1 aliphatic carbocycles. The fourth-order valence-electron chi connectivity index (χ4n) is 2.33. The molecular weight excluding hydrogens is 240 g/mol. The molecule has 0 amide bonds. The van der Waals surface area contributed by atoms with Crippen LogP contribution in [0.15, 0.2) is 6.33 Å². The van der Waals surface area contributed by atoms with Gasteiger partial charge in [0.05, 0.1) is 6.10 Å². The summed E-state index contributed by atoms with van der Waals surface area (Å²) >= 11 is 0. The molecule has 1 aromatic rings. The van der Waals surface area contributed by atoms with Crippen LogP contribution >= 0.6 is 0 Å². The van der Waals surface area contributed by atoms with Gasteiger partial charge in [0.1, 0.15) is 18.0 Å². The predicted molar refractivity (Wildman–Crippen MR) is 77.4 cm³/mol. The van der Waals surface area contributed by atoms with Crippen molar-refractivity contribution in [2.75, 3.05) is 17.2 Å². The minimum atomic E-state index is -0.232. The number of aliphatic hydroxyl groups excluding tert-OH is 1. The van der Waals surface area contributed by atoms with Crippen LogP contribution in [0.25, 0.3) is 0 Å². The Morgan fingerprint density at radius 1 is 1.37 bits per heavy atom. The molecule has 0 aliphatic heterocycles. The van der Waals surface area contributed by atoms with Gasteiger partial charge in [-0.3, -0.25) is 0 Å². The molecule has 0 bridgehead atoms. The van der Waals surface area contributed by atoms with Crippen molar-refractivity contribution < 1.29 is 5.11 Å². The monoisotopic (exact) mass is 264 g/mol. The van der Waals surface area contributed by atoms with Crippen molar-refractivity contribution in [3.63, 3.8) is 0 Å². The lowest BCUT2D eigenvalue weighted by Gasteiger charge is -2.49. The summed E-state index contributed by atoms with van der Waals surface area (Å²) in [5.41, 5.74) is 0.933. The molecule has 106 valence electrons. The number of rotatable bonds is 5. The second kappa shape index (κ2) is 5.33. The van der Waals surface area contributed by atoms with E-state index in [1.165, 1.54) is 0 Å². The van der Waals surface area contributed by atoms with Crippen molar-refractivity contribution in [2.24, 2.45) is 5.41 Å². The van der Waals surface area contributed by atoms with Gasteiger partial charge >= 0.3 is 0 Å². The Balaban J connectivity index is 2.09. The van der Waals surface area contributed by atoms with Gasteiger partial charge in [0, 0.05) is 23.6 Å². The van der Waals surface area contributed by atoms with E-state index in [1.54, 1.807) is 6.33 Å². The van der Waals surface area contributed by atoms with E-state index in [4.69, 9.17) is 0 Å². The first kappa shape index (κ1) is 14.1. The molecule has 0 aromatic carbocycles. The Bertz CT molecular complexity index is 447. The summed E-state index contributed by atoms with van der Waals surface area (Å²) in [5, 5.41) is 16.5. The molecule has 1 heterocycles. The van der Waals surface area contributed by atoms with E-state index in [-0.39, 0.29) is 17.6 Å². The van der Waals surface area contributed by atoms with Gasteiger partial charge in [0.25, 0.3) is 0 Å². The van der Waals surface area contributed by atoms with Crippen LogP contribution in [0.5, 0.6) is 0 Å². The predicted octanol–water partition coefficient (Wildman–Crippen LogP) is 2.18. The molecule has 0 radical (unpaired) electrons. The van der Waals surface area contributed by atoms with Crippen molar-refractivity contribution >= 4 is 11.6 Å². The highest BCUT2D eigenvalue weighted by atomic mass is 16.3. The first-order chi connectivity index (χ1) is 8.96. The van der Waals surface area contributed by atoms with Crippen molar-refractivity contribution in [2.45, 2.75) is 52.7 Å². The molecule has 2 unspecified atom stereocenters. The topological polar surface area (TPSA) is 70.1 Å². The van der Waals surface area contributed by atoms with Crippen LogP contribution in [-0.2, 0) is 0 Å². The number of anilines is 2. The Labute approximate surface area is 114 Å². The second-order valence-electron chi connectivity index (χ2n) is 5.89. The number of aromatic nitrogens is 2. The molecule has 1 fully saturated rings. The highest BCUT2D eigenvalue weighted by molar-refractivity contribution is 5.57. The maximum Gasteiger partial charge on any atom is 0.134 e. The lowest BCUT2D eigenvalue weighted by atomic mass is 9.64. The van der Waals surface area contributed by atoms with E-state index in [0.29, 0.717) is 0 Å². The number of nitrogens with zero attached hydrogens (tertiary/aromatic N) is 2. The fourth-order valence-corrected chi connectivity index (χ4v) is 2.33. The van der Waals surface area contributed by atoms with Crippen molar-refractivity contribution in [3.8, 4) is 0 Å². The molecule has 5 nitrogen and oxygen atoms in total. The van der Waals surface area contributed by atoms with Crippen LogP contribution in [0, 0.1) is 12.3 Å². The van der Waals surface area contributed by atoms with Crippen molar-refractivity contribution in [1.29, 1.82) is 0 Å². The zero-order chi connectivity index (χ0) is 14.0. The first-order valence-electron chi connectivity index (χ1n) is 6.96. The van der Waals surface area contributed by atoms with Gasteiger partial charge in [-0.25, -0.2) is 9.97 Å². The fraction of sp³-hybridized carbons (Fsp3) is 0.714. The molecule has 0 spiro atoms. The summed E-state index contributed by atoms with van der Waals surface area (Å²) in [7, 11) is 0. The summed E-state index contributed by atoms with van der Waals surface area (Å²) in [4.78, 5) is 8.58. The van der Waals surface area contributed by atoms with E-state index >= 15 is 0 Å². The molecule has 0 saturated heterocycles. The van der Waals surface area contributed by atoms with E-state index < -0.39 is 0 Å². The number of aliphatic hydroxyl groups is 1. The van der Waals surface area contributed by atoms with E-state index in [1.807, 2.05) is 6.92 Å². The van der Waals surface area contributed by atoms with Gasteiger partial charge in [-0.15, -0.1) is 0 Å². The normalized spacial score (nSPS) is 24.7. The summed E-state index contributed by atoms with van der Waals surface area (Å²) in [5.74, 6) is 1.75. The van der Waals surface area contributed by atoms with Crippen LogP contribution < -0.4 is 10.6 Å². The Hall–Kier alpha value is -1.36. The van der Waals surface area contributed by atoms with Crippen molar-refractivity contribution in [1.82, 2.24) is 9.97 Å². The van der Waals surface area contributed by atoms with Crippen LogP contribution in [0.3, 0.4) is 0 Å². The second-order valence-corrected chi connectivity index (χ2v) is 5.89. The number of nitrogens with one attached hydrogen (secondary N) is 2. The Morgan fingerprint density at radius 2 is 2.05 bits per heavy atom. The molecule has 3 N–H and O–H groups in total. The van der Waals surface area contributed by atoms with Gasteiger partial charge in [-0.05, 0) is 19.8 Å². The maximum absolute atomic E-state index is 9.78. The van der Waals surface area contributed by atoms with E-state index in [0.717, 1.165) is 36.6 Å². The quantitative estimate of drug-likeness (QED) is 0.760. The van der Waals surface area contributed by atoms with Gasteiger partial charge in [-0.1, -0.05) is 20.8 Å². The number of hydrogen-bond acceptors (Lipinski definition) is 5. The Kier molecular flexibility index (Phi) is 3.94.